The molecule has 0 unspecified atom stereocenters. The fourth-order valence-corrected chi connectivity index (χ4v) is 4.51. The number of imidazole rings is 1. The Kier molecular flexibility index (Phi) is 4.03. The fraction of sp³-hybridized carbons (Fsp3) is 0.350. The zero-order valence-corrected chi connectivity index (χ0v) is 16.7. The summed E-state index contributed by atoms with van der Waals surface area (Å²) < 4.78 is 6.98. The lowest BCUT2D eigenvalue weighted by Gasteiger charge is -2.25. The van der Waals surface area contributed by atoms with Crippen LogP contribution in [-0.2, 0) is 9.53 Å². The number of carbonyl (C=O) groups is 1. The van der Waals surface area contributed by atoms with E-state index in [0.29, 0.717) is 21.4 Å². The molecule has 1 saturated heterocycles. The third-order valence-electron chi connectivity index (χ3n) is 5.85. The molecule has 2 aliphatic rings. The number of pyridine rings is 1. The highest BCUT2D eigenvalue weighted by Gasteiger charge is 2.54. The summed E-state index contributed by atoms with van der Waals surface area (Å²) in [5.74, 6) is 0.464. The van der Waals surface area contributed by atoms with Crippen LogP contribution in [0.15, 0.2) is 36.9 Å². The molecule has 144 valence electrons. The van der Waals surface area contributed by atoms with E-state index >= 15 is 0 Å². The highest BCUT2D eigenvalue weighted by molar-refractivity contribution is 6.45. The molecule has 8 heteroatoms. The number of anilines is 1. The number of fused-ring (bicyclic) bond motifs is 1. The largest absolute Gasteiger partial charge is 0.467 e. The van der Waals surface area contributed by atoms with E-state index in [2.05, 4.69) is 9.88 Å². The second kappa shape index (κ2) is 6.36. The number of methoxy groups -OCH3 is 1. The van der Waals surface area contributed by atoms with Crippen LogP contribution in [0.5, 0.6) is 0 Å². The molecule has 2 fully saturated rings. The van der Waals surface area contributed by atoms with Gasteiger partial charge in [0.25, 0.3) is 0 Å². The van der Waals surface area contributed by atoms with E-state index in [1.54, 1.807) is 18.6 Å². The van der Waals surface area contributed by atoms with E-state index in [1.165, 1.54) is 7.11 Å². The van der Waals surface area contributed by atoms with Crippen LogP contribution in [0.3, 0.4) is 0 Å². The smallest absolute Gasteiger partial charge is 0.328 e. The van der Waals surface area contributed by atoms with Gasteiger partial charge in [-0.3, -0.25) is 0 Å². The first-order chi connectivity index (χ1) is 13.5. The summed E-state index contributed by atoms with van der Waals surface area (Å²) in [5.41, 5.74) is 1.69. The summed E-state index contributed by atoms with van der Waals surface area (Å²) in [6.07, 6.45) is 8.37. The Morgan fingerprint density at radius 3 is 2.82 bits per heavy atom. The zero-order chi connectivity index (χ0) is 19.5. The van der Waals surface area contributed by atoms with Gasteiger partial charge in [0.1, 0.15) is 11.9 Å². The number of halogens is 2. The molecule has 2 aromatic heterocycles. The van der Waals surface area contributed by atoms with Gasteiger partial charge in [-0.05, 0) is 36.8 Å². The number of benzene rings is 1. The van der Waals surface area contributed by atoms with Crippen LogP contribution in [-0.4, -0.2) is 40.2 Å². The van der Waals surface area contributed by atoms with Crippen molar-refractivity contribution in [3.05, 3.63) is 47.0 Å². The number of rotatable bonds is 3. The van der Waals surface area contributed by atoms with Gasteiger partial charge in [0, 0.05) is 30.4 Å². The quantitative estimate of drug-likeness (QED) is 0.596. The van der Waals surface area contributed by atoms with E-state index in [-0.39, 0.29) is 17.4 Å². The first-order valence-corrected chi connectivity index (χ1v) is 9.88. The van der Waals surface area contributed by atoms with E-state index < -0.39 is 0 Å². The molecule has 0 bridgehead atoms. The molecule has 1 spiro atoms. The molecule has 1 atom stereocenters. The summed E-state index contributed by atoms with van der Waals surface area (Å²) in [7, 11) is 1.43. The van der Waals surface area contributed by atoms with Crippen molar-refractivity contribution in [2.45, 2.75) is 25.3 Å². The van der Waals surface area contributed by atoms with Crippen molar-refractivity contribution in [2.24, 2.45) is 5.41 Å². The first kappa shape index (κ1) is 17.8. The minimum absolute atomic E-state index is 0.197. The van der Waals surface area contributed by atoms with Crippen molar-refractivity contribution in [1.29, 1.82) is 0 Å². The number of aromatic nitrogens is 3. The highest BCUT2D eigenvalue weighted by atomic mass is 35.5. The molecule has 1 aliphatic heterocycles. The van der Waals surface area contributed by atoms with Crippen LogP contribution in [0, 0.1) is 5.41 Å². The average Bonchev–Trinajstić information content (AvgIpc) is 3.09. The van der Waals surface area contributed by atoms with E-state index in [0.717, 1.165) is 36.9 Å². The van der Waals surface area contributed by atoms with Crippen LogP contribution >= 0.6 is 23.2 Å². The predicted octanol–water partition coefficient (Wildman–Crippen LogP) is 4.26. The third kappa shape index (κ3) is 2.74. The fourth-order valence-electron chi connectivity index (χ4n) is 4.15. The van der Waals surface area contributed by atoms with Gasteiger partial charge in [-0.15, -0.1) is 0 Å². The van der Waals surface area contributed by atoms with Gasteiger partial charge in [-0.25, -0.2) is 14.8 Å². The molecule has 0 radical (unpaired) electrons. The van der Waals surface area contributed by atoms with Gasteiger partial charge in [-0.2, -0.15) is 0 Å². The predicted molar refractivity (Wildman–Crippen MR) is 108 cm³/mol. The molecule has 1 saturated carbocycles. The molecular formula is C20H18Cl2N4O2. The lowest BCUT2D eigenvalue weighted by molar-refractivity contribution is -0.142. The number of nitrogens with zero attached hydrogens (tertiary/aromatic N) is 4. The number of esters is 1. The van der Waals surface area contributed by atoms with Crippen LogP contribution in [0.4, 0.5) is 5.82 Å². The van der Waals surface area contributed by atoms with E-state index in [4.69, 9.17) is 32.9 Å². The zero-order valence-electron chi connectivity index (χ0n) is 15.2. The molecule has 0 amide bonds. The maximum Gasteiger partial charge on any atom is 0.328 e. The van der Waals surface area contributed by atoms with E-state index in [1.807, 2.05) is 22.9 Å². The summed E-state index contributed by atoms with van der Waals surface area (Å²) in [5, 5.41) is 1.71. The highest BCUT2D eigenvalue weighted by Crippen LogP contribution is 2.55. The minimum atomic E-state index is -0.342. The van der Waals surface area contributed by atoms with Gasteiger partial charge in [0.05, 0.1) is 34.7 Å². The number of hydrogen-bond donors (Lipinski definition) is 0. The van der Waals surface area contributed by atoms with Gasteiger partial charge >= 0.3 is 5.97 Å². The van der Waals surface area contributed by atoms with Crippen molar-refractivity contribution in [1.82, 2.24) is 14.5 Å². The summed E-state index contributed by atoms with van der Waals surface area (Å²) >= 11 is 12.8. The number of hydrogen-bond acceptors (Lipinski definition) is 5. The maximum absolute atomic E-state index is 12.5. The Morgan fingerprint density at radius 1 is 1.32 bits per heavy atom. The monoisotopic (exact) mass is 416 g/mol. The van der Waals surface area contributed by atoms with Crippen molar-refractivity contribution in [3.63, 3.8) is 0 Å². The van der Waals surface area contributed by atoms with Crippen LogP contribution < -0.4 is 4.90 Å². The van der Waals surface area contributed by atoms with Crippen LogP contribution in [0.25, 0.3) is 16.6 Å². The molecule has 0 N–H and O–H groups in total. The van der Waals surface area contributed by atoms with Gasteiger partial charge in [-0.1, -0.05) is 23.2 Å². The lowest BCUT2D eigenvalue weighted by atomic mass is 10.0. The second-order valence-corrected chi connectivity index (χ2v) is 8.38. The molecule has 5 rings (SSSR count). The summed E-state index contributed by atoms with van der Waals surface area (Å²) in [6, 6.07) is 5.30. The maximum atomic E-state index is 12.5. The summed E-state index contributed by atoms with van der Waals surface area (Å²) in [6.45, 7) is 0.785. The molecule has 3 aromatic rings. The third-order valence-corrected chi connectivity index (χ3v) is 6.65. The molecule has 3 heterocycles. The Labute approximate surface area is 172 Å². The van der Waals surface area contributed by atoms with Gasteiger partial charge in [0.15, 0.2) is 0 Å². The topological polar surface area (TPSA) is 60.2 Å². The number of ether oxygens (including phenoxy) is 1. The van der Waals surface area contributed by atoms with Crippen molar-refractivity contribution < 1.29 is 9.53 Å². The van der Waals surface area contributed by atoms with Gasteiger partial charge < -0.3 is 14.2 Å². The molecule has 28 heavy (non-hydrogen) atoms. The van der Waals surface area contributed by atoms with Crippen molar-refractivity contribution in [2.75, 3.05) is 18.6 Å². The second-order valence-electron chi connectivity index (χ2n) is 7.60. The standard InChI is InChI=1S/C20H18Cl2N4O2/c1-28-19(27)15-9-20(4-5-20)10-26(15)16-8-14(25-7-6-23-11-25)12-2-3-13(21)17(22)18(12)24-16/h2-3,6-8,11,15H,4-5,9-10H2,1H3/t15-/m0/s1. The Bertz CT molecular complexity index is 1080. The van der Waals surface area contributed by atoms with Crippen LogP contribution in [0.1, 0.15) is 19.3 Å². The Morgan fingerprint density at radius 2 is 2.14 bits per heavy atom. The number of carbonyl (C=O) groups excluding carboxylic acids is 1. The van der Waals surface area contributed by atoms with Crippen molar-refractivity contribution >= 4 is 45.9 Å². The SMILES string of the molecule is COC(=O)[C@@H]1CC2(CC2)CN1c1cc(-n2ccnc2)c2ccc(Cl)c(Cl)c2n1. The first-order valence-electron chi connectivity index (χ1n) is 9.13. The van der Waals surface area contributed by atoms with Gasteiger partial charge in [0.2, 0.25) is 0 Å². The summed E-state index contributed by atoms with van der Waals surface area (Å²) in [4.78, 5) is 23.5. The molecular weight excluding hydrogens is 399 g/mol. The lowest BCUT2D eigenvalue weighted by Crippen LogP contribution is -2.37. The Hall–Kier alpha value is -2.31. The molecule has 6 nitrogen and oxygen atoms in total. The normalized spacial score (nSPS) is 20.1. The Balaban J connectivity index is 1.71. The van der Waals surface area contributed by atoms with E-state index in [9.17, 15) is 4.79 Å². The average molecular weight is 417 g/mol. The van der Waals surface area contributed by atoms with Crippen molar-refractivity contribution in [3.8, 4) is 5.69 Å². The minimum Gasteiger partial charge on any atom is -0.467 e. The molecule has 1 aromatic carbocycles. The molecule has 1 aliphatic carbocycles. The van der Waals surface area contributed by atoms with Crippen LogP contribution in [0.2, 0.25) is 10.0 Å².